The van der Waals surface area contributed by atoms with Crippen LogP contribution in [0.2, 0.25) is 0 Å². The molecule has 0 atom stereocenters. The minimum atomic E-state index is -0.0602. The van der Waals surface area contributed by atoms with Crippen LogP contribution in [0.1, 0.15) is 18.4 Å². The van der Waals surface area contributed by atoms with Crippen LogP contribution in [-0.2, 0) is 9.59 Å². The summed E-state index contributed by atoms with van der Waals surface area (Å²) in [5, 5.41) is 0. The van der Waals surface area contributed by atoms with Gasteiger partial charge in [0, 0.05) is 19.9 Å². The van der Waals surface area contributed by atoms with Crippen molar-refractivity contribution in [3.05, 3.63) is 35.9 Å². The van der Waals surface area contributed by atoms with E-state index in [0.29, 0.717) is 12.8 Å². The van der Waals surface area contributed by atoms with Crippen LogP contribution in [0.4, 0.5) is 0 Å². The van der Waals surface area contributed by atoms with Crippen LogP contribution < -0.4 is 0 Å². The molecule has 0 aliphatic carbocycles. The number of rotatable bonds is 0. The van der Waals surface area contributed by atoms with E-state index < -0.39 is 0 Å². The molecule has 1 aromatic carbocycles. The summed E-state index contributed by atoms with van der Waals surface area (Å²) in [5.74, 6) is -0.120. The summed E-state index contributed by atoms with van der Waals surface area (Å²) in [5.41, 5.74) is 1.32. The van der Waals surface area contributed by atoms with Gasteiger partial charge in [0.1, 0.15) is 0 Å². The first kappa shape index (κ1) is 11.4. The van der Waals surface area contributed by atoms with Crippen molar-refractivity contribution in [1.29, 1.82) is 0 Å². The molecule has 80 valence electrons. The van der Waals surface area contributed by atoms with Crippen molar-refractivity contribution in [3.8, 4) is 0 Å². The summed E-state index contributed by atoms with van der Waals surface area (Å²) in [4.78, 5) is 22.1. The van der Waals surface area contributed by atoms with Crippen molar-refractivity contribution < 1.29 is 9.59 Å². The lowest BCUT2D eigenvalue weighted by Gasteiger charge is -2.01. The van der Waals surface area contributed by atoms with Crippen LogP contribution in [0, 0.1) is 6.92 Å². The van der Waals surface area contributed by atoms with Crippen molar-refractivity contribution in [3.63, 3.8) is 0 Å². The number of nitrogens with zero attached hydrogens (tertiary/aromatic N) is 1. The Balaban J connectivity index is 0.000000151. The fourth-order valence-electron chi connectivity index (χ4n) is 1.22. The van der Waals surface area contributed by atoms with Crippen LogP contribution in [0.3, 0.4) is 0 Å². The Morgan fingerprint density at radius 1 is 1.00 bits per heavy atom. The number of carbonyl (C=O) groups excluding carboxylic acids is 2. The SMILES string of the molecule is CN1C(=O)CCC1=O.Cc1ccccc1. The fraction of sp³-hybridized carbons (Fsp3) is 0.333. The van der Waals surface area contributed by atoms with E-state index in [-0.39, 0.29) is 11.8 Å². The Morgan fingerprint density at radius 3 is 1.67 bits per heavy atom. The van der Waals surface area contributed by atoms with Crippen LogP contribution in [-0.4, -0.2) is 23.8 Å². The number of carbonyl (C=O) groups is 2. The van der Waals surface area contributed by atoms with Gasteiger partial charge in [-0.15, -0.1) is 0 Å². The van der Waals surface area contributed by atoms with Gasteiger partial charge >= 0.3 is 0 Å². The van der Waals surface area contributed by atoms with E-state index in [2.05, 4.69) is 19.1 Å². The quantitative estimate of drug-likeness (QED) is 0.605. The maximum absolute atomic E-state index is 10.5. The molecule has 0 spiro atoms. The van der Waals surface area contributed by atoms with Gasteiger partial charge in [-0.1, -0.05) is 35.9 Å². The third-order valence-corrected chi connectivity index (χ3v) is 2.24. The number of hydrogen-bond donors (Lipinski definition) is 0. The highest BCUT2D eigenvalue weighted by Crippen LogP contribution is 2.07. The highest BCUT2D eigenvalue weighted by Gasteiger charge is 2.24. The first-order chi connectivity index (χ1) is 7.11. The number of likely N-dealkylation sites (tertiary alicyclic amines) is 1. The monoisotopic (exact) mass is 205 g/mol. The molecule has 0 aromatic heterocycles. The van der Waals surface area contributed by atoms with Gasteiger partial charge in [0.25, 0.3) is 0 Å². The van der Waals surface area contributed by atoms with Gasteiger partial charge in [0.2, 0.25) is 11.8 Å². The topological polar surface area (TPSA) is 37.4 Å². The molecule has 1 aliphatic heterocycles. The summed E-state index contributed by atoms with van der Waals surface area (Å²) in [6.07, 6.45) is 0.796. The summed E-state index contributed by atoms with van der Waals surface area (Å²) in [7, 11) is 1.51. The van der Waals surface area contributed by atoms with Crippen LogP contribution in [0.25, 0.3) is 0 Å². The predicted octanol–water partition coefficient (Wildman–Crippen LogP) is 1.76. The summed E-state index contributed by atoms with van der Waals surface area (Å²) < 4.78 is 0. The van der Waals surface area contributed by atoms with E-state index >= 15 is 0 Å². The van der Waals surface area contributed by atoms with Crippen molar-refractivity contribution in [2.45, 2.75) is 19.8 Å². The molecule has 1 saturated heterocycles. The Bertz CT molecular complexity index is 330. The molecule has 15 heavy (non-hydrogen) atoms. The second-order valence-corrected chi connectivity index (χ2v) is 3.50. The van der Waals surface area contributed by atoms with E-state index in [9.17, 15) is 9.59 Å². The van der Waals surface area contributed by atoms with Crippen LogP contribution >= 0.6 is 0 Å². The highest BCUT2D eigenvalue weighted by atomic mass is 16.2. The largest absolute Gasteiger partial charge is 0.286 e. The molecule has 0 bridgehead atoms. The molecule has 0 saturated carbocycles. The second kappa shape index (κ2) is 5.29. The number of aryl methyl sites for hydroxylation is 1. The zero-order valence-corrected chi connectivity index (χ0v) is 9.06. The van der Waals surface area contributed by atoms with Crippen LogP contribution in [0.5, 0.6) is 0 Å². The van der Waals surface area contributed by atoms with Crippen molar-refractivity contribution in [2.24, 2.45) is 0 Å². The number of imide groups is 1. The summed E-state index contributed by atoms with van der Waals surface area (Å²) in [6, 6.07) is 10.3. The molecule has 2 amide bonds. The molecular weight excluding hydrogens is 190 g/mol. The van der Waals surface area contributed by atoms with Gasteiger partial charge in [-0.25, -0.2) is 0 Å². The lowest BCUT2D eigenvalue weighted by molar-refractivity contribution is -0.136. The smallest absolute Gasteiger partial charge is 0.229 e. The van der Waals surface area contributed by atoms with E-state index in [4.69, 9.17) is 0 Å². The van der Waals surface area contributed by atoms with E-state index in [0.717, 1.165) is 0 Å². The molecular formula is C12H15NO2. The lowest BCUT2D eigenvalue weighted by Crippen LogP contribution is -2.23. The fourth-order valence-corrected chi connectivity index (χ4v) is 1.22. The first-order valence-corrected chi connectivity index (χ1v) is 4.92. The summed E-state index contributed by atoms with van der Waals surface area (Å²) in [6.45, 7) is 2.08. The van der Waals surface area contributed by atoms with Gasteiger partial charge in [-0.2, -0.15) is 0 Å². The van der Waals surface area contributed by atoms with Crippen molar-refractivity contribution in [1.82, 2.24) is 4.90 Å². The predicted molar refractivity (Wildman–Crippen MR) is 58.2 cm³/mol. The molecule has 1 heterocycles. The average Bonchev–Trinajstić information content (AvgIpc) is 2.52. The zero-order chi connectivity index (χ0) is 11.3. The molecule has 1 aliphatic rings. The average molecular weight is 205 g/mol. The van der Waals surface area contributed by atoms with Crippen LogP contribution in [0.15, 0.2) is 30.3 Å². The second-order valence-electron chi connectivity index (χ2n) is 3.50. The van der Waals surface area contributed by atoms with E-state index in [1.165, 1.54) is 17.5 Å². The van der Waals surface area contributed by atoms with Crippen molar-refractivity contribution >= 4 is 11.8 Å². The van der Waals surface area contributed by atoms with Gasteiger partial charge in [0.15, 0.2) is 0 Å². The Kier molecular flexibility index (Phi) is 4.03. The third kappa shape index (κ3) is 3.54. The number of benzene rings is 1. The molecule has 0 unspecified atom stereocenters. The minimum Gasteiger partial charge on any atom is -0.286 e. The highest BCUT2D eigenvalue weighted by molar-refractivity contribution is 6.01. The van der Waals surface area contributed by atoms with E-state index in [1.807, 2.05) is 18.2 Å². The Hall–Kier alpha value is -1.64. The molecule has 3 nitrogen and oxygen atoms in total. The molecule has 3 heteroatoms. The molecule has 0 radical (unpaired) electrons. The Morgan fingerprint density at radius 2 is 1.47 bits per heavy atom. The van der Waals surface area contributed by atoms with Gasteiger partial charge < -0.3 is 0 Å². The van der Waals surface area contributed by atoms with Crippen molar-refractivity contribution in [2.75, 3.05) is 7.05 Å². The van der Waals surface area contributed by atoms with E-state index in [1.54, 1.807) is 0 Å². The first-order valence-electron chi connectivity index (χ1n) is 4.92. The normalized spacial score (nSPS) is 14.9. The Labute approximate surface area is 89.7 Å². The lowest BCUT2D eigenvalue weighted by atomic mass is 10.2. The van der Waals surface area contributed by atoms with Gasteiger partial charge in [0.05, 0.1) is 0 Å². The standard InChI is InChI=1S/C7H8.C5H7NO2/c1-7-5-3-2-4-6-7;1-6-4(7)2-3-5(6)8/h2-6H,1H3;2-3H2,1H3. The van der Waals surface area contributed by atoms with Gasteiger partial charge in [-0.05, 0) is 6.92 Å². The maximum atomic E-state index is 10.5. The molecule has 1 aromatic rings. The summed E-state index contributed by atoms with van der Waals surface area (Å²) >= 11 is 0. The molecule has 2 rings (SSSR count). The van der Waals surface area contributed by atoms with Gasteiger partial charge in [-0.3, -0.25) is 14.5 Å². The maximum Gasteiger partial charge on any atom is 0.229 e. The molecule has 1 fully saturated rings. The number of amides is 2. The third-order valence-electron chi connectivity index (χ3n) is 2.24. The zero-order valence-electron chi connectivity index (χ0n) is 9.06. The number of hydrogen-bond acceptors (Lipinski definition) is 2. The minimum absolute atomic E-state index is 0.0602. The molecule has 0 N–H and O–H groups in total.